The Kier molecular flexibility index (Phi) is 7.21. The predicted molar refractivity (Wildman–Crippen MR) is 131 cm³/mol. The molecule has 182 valence electrons. The number of piperazine rings is 1. The largest absolute Gasteiger partial charge is 0.493 e. The summed E-state index contributed by atoms with van der Waals surface area (Å²) in [4.78, 5) is 31.0. The van der Waals surface area contributed by atoms with Crippen molar-refractivity contribution in [3.63, 3.8) is 0 Å². The van der Waals surface area contributed by atoms with Crippen LogP contribution in [-0.2, 0) is 4.79 Å². The third-order valence-electron chi connectivity index (χ3n) is 6.18. The summed E-state index contributed by atoms with van der Waals surface area (Å²) in [5.74, 6) is 1.73. The van der Waals surface area contributed by atoms with Gasteiger partial charge in [0.05, 0.1) is 33.1 Å². The number of benzene rings is 2. The van der Waals surface area contributed by atoms with Crippen LogP contribution in [0.5, 0.6) is 17.2 Å². The van der Waals surface area contributed by atoms with Crippen LogP contribution in [0.2, 0.25) is 5.02 Å². The van der Waals surface area contributed by atoms with Crippen molar-refractivity contribution in [1.29, 1.82) is 0 Å². The van der Waals surface area contributed by atoms with Gasteiger partial charge in [0, 0.05) is 49.9 Å². The van der Waals surface area contributed by atoms with Crippen LogP contribution in [0.25, 0.3) is 0 Å². The Bertz CT molecular complexity index is 1040. The Hall–Kier alpha value is -3.33. The molecule has 0 bridgehead atoms. The Morgan fingerprint density at radius 3 is 2.24 bits per heavy atom. The Morgan fingerprint density at radius 2 is 1.62 bits per heavy atom. The number of ether oxygens (including phenoxy) is 3. The first-order chi connectivity index (χ1) is 16.4. The van der Waals surface area contributed by atoms with Crippen molar-refractivity contribution in [2.24, 2.45) is 0 Å². The first kappa shape index (κ1) is 23.8. The fraction of sp³-hybridized carbons (Fsp3) is 0.417. The van der Waals surface area contributed by atoms with Crippen LogP contribution in [0.15, 0.2) is 36.4 Å². The lowest BCUT2D eigenvalue weighted by atomic mass is 10.2. The van der Waals surface area contributed by atoms with Gasteiger partial charge in [-0.05, 0) is 36.4 Å². The minimum Gasteiger partial charge on any atom is -0.493 e. The highest BCUT2D eigenvalue weighted by molar-refractivity contribution is 6.30. The standard InChI is InChI=1S/C24H29ClN4O5/c1-32-20-9-8-19(22(33-2)23(20)34-3)27-10-12-28(13-11-27)24(31)26-17-14-21(30)29(15-17)18-6-4-16(25)5-7-18/h4-9,17H,10-15H2,1-3H3,(H,26,31). The lowest BCUT2D eigenvalue weighted by Crippen LogP contribution is -2.54. The van der Waals surface area contributed by atoms with E-state index in [9.17, 15) is 9.59 Å². The highest BCUT2D eigenvalue weighted by Crippen LogP contribution is 2.44. The van der Waals surface area contributed by atoms with E-state index >= 15 is 0 Å². The van der Waals surface area contributed by atoms with E-state index in [1.807, 2.05) is 24.3 Å². The van der Waals surface area contributed by atoms with Crippen LogP contribution in [0.1, 0.15) is 6.42 Å². The van der Waals surface area contributed by atoms with Crippen molar-refractivity contribution in [3.05, 3.63) is 41.4 Å². The van der Waals surface area contributed by atoms with E-state index in [0.717, 1.165) is 11.4 Å². The fourth-order valence-corrected chi connectivity index (χ4v) is 4.55. The minimum absolute atomic E-state index is 0.0158. The molecule has 9 nitrogen and oxygen atoms in total. The summed E-state index contributed by atoms with van der Waals surface area (Å²) in [7, 11) is 4.76. The molecule has 2 heterocycles. The van der Waals surface area contributed by atoms with Gasteiger partial charge in [0.25, 0.3) is 0 Å². The number of rotatable bonds is 6. The van der Waals surface area contributed by atoms with Gasteiger partial charge in [-0.15, -0.1) is 0 Å². The van der Waals surface area contributed by atoms with Crippen molar-refractivity contribution in [3.8, 4) is 17.2 Å². The zero-order valence-electron chi connectivity index (χ0n) is 19.5. The molecule has 0 saturated carbocycles. The molecule has 34 heavy (non-hydrogen) atoms. The third-order valence-corrected chi connectivity index (χ3v) is 6.43. The molecule has 1 N–H and O–H groups in total. The molecule has 4 rings (SSSR count). The van der Waals surface area contributed by atoms with Gasteiger partial charge in [-0.1, -0.05) is 11.6 Å². The van der Waals surface area contributed by atoms with Crippen LogP contribution < -0.4 is 29.3 Å². The molecule has 2 fully saturated rings. The molecule has 0 spiro atoms. The molecule has 10 heteroatoms. The molecular weight excluding hydrogens is 460 g/mol. The van der Waals surface area contributed by atoms with Crippen molar-refractivity contribution >= 4 is 34.9 Å². The average molecular weight is 489 g/mol. The maximum Gasteiger partial charge on any atom is 0.317 e. The molecule has 2 saturated heterocycles. The molecule has 1 atom stereocenters. The van der Waals surface area contributed by atoms with Gasteiger partial charge in [0.1, 0.15) is 0 Å². The molecule has 2 aliphatic heterocycles. The van der Waals surface area contributed by atoms with Gasteiger partial charge < -0.3 is 34.2 Å². The first-order valence-electron chi connectivity index (χ1n) is 11.1. The number of methoxy groups -OCH3 is 3. The highest BCUT2D eigenvalue weighted by Gasteiger charge is 2.33. The zero-order valence-corrected chi connectivity index (χ0v) is 20.3. The molecule has 0 aliphatic carbocycles. The van der Waals surface area contributed by atoms with Crippen LogP contribution in [0, 0.1) is 0 Å². The second kappa shape index (κ2) is 10.3. The molecule has 1 unspecified atom stereocenters. The number of carbonyl (C=O) groups excluding carboxylic acids is 2. The van der Waals surface area contributed by atoms with Gasteiger partial charge in [-0.2, -0.15) is 0 Å². The molecule has 3 amide bonds. The molecule has 2 aromatic carbocycles. The summed E-state index contributed by atoms with van der Waals surface area (Å²) >= 11 is 5.95. The van der Waals surface area contributed by atoms with E-state index < -0.39 is 0 Å². The number of carbonyl (C=O) groups is 2. The van der Waals surface area contributed by atoms with Crippen molar-refractivity contribution in [2.75, 3.05) is 63.9 Å². The van der Waals surface area contributed by atoms with E-state index in [1.54, 1.807) is 43.3 Å². The van der Waals surface area contributed by atoms with Gasteiger partial charge in [-0.3, -0.25) is 4.79 Å². The number of hydrogen-bond donors (Lipinski definition) is 1. The van der Waals surface area contributed by atoms with E-state index in [-0.39, 0.29) is 24.4 Å². The summed E-state index contributed by atoms with van der Waals surface area (Å²) in [6.45, 7) is 2.81. The number of halogens is 1. The zero-order chi connectivity index (χ0) is 24.2. The number of amides is 3. The van der Waals surface area contributed by atoms with Crippen LogP contribution >= 0.6 is 11.6 Å². The molecule has 0 radical (unpaired) electrons. The summed E-state index contributed by atoms with van der Waals surface area (Å²) in [5.41, 5.74) is 1.67. The number of anilines is 2. The summed E-state index contributed by atoms with van der Waals surface area (Å²) in [6.07, 6.45) is 0.275. The molecule has 2 aliphatic rings. The quantitative estimate of drug-likeness (QED) is 0.673. The van der Waals surface area contributed by atoms with E-state index in [2.05, 4.69) is 10.2 Å². The minimum atomic E-state index is -0.236. The maximum atomic E-state index is 12.9. The number of nitrogens with zero attached hydrogens (tertiary/aromatic N) is 3. The van der Waals surface area contributed by atoms with Gasteiger partial charge >= 0.3 is 6.03 Å². The second-order valence-electron chi connectivity index (χ2n) is 8.16. The van der Waals surface area contributed by atoms with E-state index in [0.29, 0.717) is 55.0 Å². The monoisotopic (exact) mass is 488 g/mol. The van der Waals surface area contributed by atoms with Crippen LogP contribution in [0.4, 0.5) is 16.2 Å². The molecular formula is C24H29ClN4O5. The van der Waals surface area contributed by atoms with Gasteiger partial charge in [0.2, 0.25) is 11.7 Å². The third kappa shape index (κ3) is 4.79. The van der Waals surface area contributed by atoms with E-state index in [1.165, 1.54) is 0 Å². The van der Waals surface area contributed by atoms with Crippen molar-refractivity contribution < 1.29 is 23.8 Å². The Labute approximate surface area is 204 Å². The smallest absolute Gasteiger partial charge is 0.317 e. The average Bonchev–Trinajstić information content (AvgIpc) is 3.23. The summed E-state index contributed by atoms with van der Waals surface area (Å²) in [5, 5.41) is 3.64. The van der Waals surface area contributed by atoms with Crippen molar-refractivity contribution in [1.82, 2.24) is 10.2 Å². The topological polar surface area (TPSA) is 83.6 Å². The first-order valence-corrected chi connectivity index (χ1v) is 11.5. The Balaban J connectivity index is 1.35. The predicted octanol–water partition coefficient (Wildman–Crippen LogP) is 3.00. The lowest BCUT2D eigenvalue weighted by Gasteiger charge is -2.37. The normalized spacial score (nSPS) is 18.2. The number of hydrogen-bond acceptors (Lipinski definition) is 6. The highest BCUT2D eigenvalue weighted by atomic mass is 35.5. The van der Waals surface area contributed by atoms with Crippen LogP contribution in [0.3, 0.4) is 0 Å². The lowest BCUT2D eigenvalue weighted by molar-refractivity contribution is -0.117. The van der Waals surface area contributed by atoms with E-state index in [4.69, 9.17) is 25.8 Å². The number of urea groups is 1. The number of nitrogens with one attached hydrogen (secondary N) is 1. The summed E-state index contributed by atoms with van der Waals surface area (Å²) in [6, 6.07) is 10.5. The second-order valence-corrected chi connectivity index (χ2v) is 8.60. The van der Waals surface area contributed by atoms with Crippen molar-refractivity contribution in [2.45, 2.75) is 12.5 Å². The summed E-state index contributed by atoms with van der Waals surface area (Å²) < 4.78 is 16.5. The maximum absolute atomic E-state index is 12.9. The van der Waals surface area contributed by atoms with Crippen LogP contribution in [-0.4, -0.2) is 76.9 Å². The van der Waals surface area contributed by atoms with Gasteiger partial charge in [0.15, 0.2) is 11.5 Å². The molecule has 2 aromatic rings. The SMILES string of the molecule is COc1ccc(N2CCN(C(=O)NC3CC(=O)N(c4ccc(Cl)cc4)C3)CC2)c(OC)c1OC. The molecule has 0 aromatic heterocycles. The van der Waals surface area contributed by atoms with Gasteiger partial charge in [-0.25, -0.2) is 4.79 Å². The Morgan fingerprint density at radius 1 is 0.941 bits per heavy atom. The fourth-order valence-electron chi connectivity index (χ4n) is 4.43.